The lowest BCUT2D eigenvalue weighted by atomic mass is 10.2. The van der Waals surface area contributed by atoms with Crippen LogP contribution in [0.2, 0.25) is 0 Å². The summed E-state index contributed by atoms with van der Waals surface area (Å²) in [4.78, 5) is 24.4. The fourth-order valence-corrected chi connectivity index (χ4v) is 2.08. The maximum atomic E-state index is 12.3. The van der Waals surface area contributed by atoms with Crippen molar-refractivity contribution in [3.05, 3.63) is 72.3 Å². The Bertz CT molecular complexity index is 759. The van der Waals surface area contributed by atoms with Crippen molar-refractivity contribution in [3.63, 3.8) is 0 Å². The summed E-state index contributed by atoms with van der Waals surface area (Å²) < 4.78 is 10.8. The minimum atomic E-state index is -0.478. The van der Waals surface area contributed by atoms with Gasteiger partial charge in [0.1, 0.15) is 18.1 Å². The van der Waals surface area contributed by atoms with Crippen LogP contribution in [0.1, 0.15) is 27.6 Å². The molecule has 0 heterocycles. The Morgan fingerprint density at radius 3 is 2.56 bits per heavy atom. The largest absolute Gasteiger partial charge is 0.494 e. The van der Waals surface area contributed by atoms with Crippen molar-refractivity contribution >= 4 is 11.8 Å². The van der Waals surface area contributed by atoms with E-state index in [9.17, 15) is 9.59 Å². The number of hydrogen-bond acceptors (Lipinski definition) is 4. The number of para-hydroxylation sites is 1. The molecule has 0 bridgehead atoms. The number of carbonyl (C=O) groups is 2. The predicted molar refractivity (Wildman–Crippen MR) is 94.7 cm³/mol. The molecule has 2 aromatic rings. The molecule has 2 rings (SSSR count). The Kier molecular flexibility index (Phi) is 6.59. The molecule has 0 fully saturated rings. The smallest absolute Gasteiger partial charge is 0.273 e. The van der Waals surface area contributed by atoms with Gasteiger partial charge in [-0.15, -0.1) is 0 Å². The average Bonchev–Trinajstić information content (AvgIpc) is 2.65. The van der Waals surface area contributed by atoms with Crippen LogP contribution >= 0.6 is 0 Å². The summed E-state index contributed by atoms with van der Waals surface area (Å²) in [7, 11) is 0. The lowest BCUT2D eigenvalue weighted by Crippen LogP contribution is -2.41. The van der Waals surface area contributed by atoms with Crippen LogP contribution in [0.3, 0.4) is 0 Å². The summed E-state index contributed by atoms with van der Waals surface area (Å²) >= 11 is 0. The molecule has 2 N–H and O–H groups in total. The summed E-state index contributed by atoms with van der Waals surface area (Å²) in [5.41, 5.74) is 5.45. The second kappa shape index (κ2) is 9.12. The molecular weight excluding hydrogens is 320 g/mol. The van der Waals surface area contributed by atoms with E-state index in [0.717, 1.165) is 0 Å². The van der Waals surface area contributed by atoms with Crippen LogP contribution in [-0.4, -0.2) is 25.0 Å². The van der Waals surface area contributed by atoms with Gasteiger partial charge in [0, 0.05) is 5.56 Å². The molecule has 0 unspecified atom stereocenters. The summed E-state index contributed by atoms with van der Waals surface area (Å²) in [6.07, 6.45) is 1.59. The van der Waals surface area contributed by atoms with Crippen molar-refractivity contribution in [1.29, 1.82) is 0 Å². The first-order valence-corrected chi connectivity index (χ1v) is 7.82. The first-order valence-electron chi connectivity index (χ1n) is 7.82. The third kappa shape index (κ3) is 5.10. The van der Waals surface area contributed by atoms with Crippen LogP contribution in [0.4, 0.5) is 0 Å². The van der Waals surface area contributed by atoms with Gasteiger partial charge in [-0.2, -0.15) is 0 Å². The maximum Gasteiger partial charge on any atom is 0.273 e. The van der Waals surface area contributed by atoms with E-state index in [0.29, 0.717) is 29.2 Å². The Morgan fingerprint density at radius 2 is 1.80 bits per heavy atom. The molecule has 0 aliphatic heterocycles. The van der Waals surface area contributed by atoms with E-state index >= 15 is 0 Å². The number of hydrogen-bond donors (Lipinski definition) is 2. The fourth-order valence-electron chi connectivity index (χ4n) is 2.08. The van der Waals surface area contributed by atoms with Gasteiger partial charge in [-0.3, -0.25) is 20.4 Å². The SMILES string of the molecule is C=CCOc1ccccc1C(=O)NNC(=O)c1cccc(OCC)c1. The van der Waals surface area contributed by atoms with E-state index in [-0.39, 0.29) is 6.61 Å². The van der Waals surface area contributed by atoms with Crippen molar-refractivity contribution in [2.45, 2.75) is 6.92 Å². The van der Waals surface area contributed by atoms with Gasteiger partial charge < -0.3 is 9.47 Å². The average molecular weight is 340 g/mol. The molecule has 0 saturated heterocycles. The summed E-state index contributed by atoms with van der Waals surface area (Å²) in [6.45, 7) is 6.21. The zero-order valence-electron chi connectivity index (χ0n) is 14.0. The van der Waals surface area contributed by atoms with Crippen molar-refractivity contribution < 1.29 is 19.1 Å². The molecule has 2 aromatic carbocycles. The van der Waals surface area contributed by atoms with Crippen LogP contribution in [0, 0.1) is 0 Å². The molecule has 0 aromatic heterocycles. The minimum Gasteiger partial charge on any atom is -0.494 e. The highest BCUT2D eigenvalue weighted by atomic mass is 16.5. The van der Waals surface area contributed by atoms with Crippen molar-refractivity contribution in [2.24, 2.45) is 0 Å². The highest BCUT2D eigenvalue weighted by molar-refractivity contribution is 6.00. The molecule has 0 atom stereocenters. The summed E-state index contributed by atoms with van der Waals surface area (Å²) in [5, 5.41) is 0. The van der Waals surface area contributed by atoms with Crippen LogP contribution in [-0.2, 0) is 0 Å². The normalized spacial score (nSPS) is 9.80. The van der Waals surface area contributed by atoms with Gasteiger partial charge >= 0.3 is 0 Å². The zero-order chi connectivity index (χ0) is 18.1. The topological polar surface area (TPSA) is 76.7 Å². The lowest BCUT2D eigenvalue weighted by molar-refractivity contribution is 0.0844. The number of carbonyl (C=O) groups excluding carboxylic acids is 2. The standard InChI is InChI=1S/C19H20N2O4/c1-3-12-25-17-11-6-5-10-16(17)19(23)21-20-18(22)14-8-7-9-15(13-14)24-4-2/h3,5-11,13H,1,4,12H2,2H3,(H,20,22)(H,21,23). The monoisotopic (exact) mass is 340 g/mol. The van der Waals surface area contributed by atoms with Crippen LogP contribution in [0.15, 0.2) is 61.2 Å². The molecule has 130 valence electrons. The van der Waals surface area contributed by atoms with E-state index in [4.69, 9.17) is 9.47 Å². The van der Waals surface area contributed by atoms with Crippen molar-refractivity contribution in [2.75, 3.05) is 13.2 Å². The predicted octanol–water partition coefficient (Wildman–Crippen LogP) is 2.72. The highest BCUT2D eigenvalue weighted by Gasteiger charge is 2.13. The molecule has 0 radical (unpaired) electrons. The Hall–Kier alpha value is -3.28. The van der Waals surface area contributed by atoms with Gasteiger partial charge in [0.15, 0.2) is 0 Å². The molecule has 0 aliphatic rings. The number of hydrazine groups is 1. The number of amides is 2. The molecule has 6 nitrogen and oxygen atoms in total. The number of rotatable bonds is 7. The van der Waals surface area contributed by atoms with E-state index < -0.39 is 11.8 Å². The highest BCUT2D eigenvalue weighted by Crippen LogP contribution is 2.17. The molecule has 2 amide bonds. The third-order valence-corrected chi connectivity index (χ3v) is 3.19. The van der Waals surface area contributed by atoms with E-state index in [2.05, 4.69) is 17.4 Å². The Balaban J connectivity index is 2.01. The van der Waals surface area contributed by atoms with E-state index in [1.54, 1.807) is 54.6 Å². The molecule has 0 spiro atoms. The Labute approximate surface area is 146 Å². The summed E-state index contributed by atoms with van der Waals surface area (Å²) in [6, 6.07) is 13.4. The molecule has 0 saturated carbocycles. The summed E-state index contributed by atoms with van der Waals surface area (Å²) in [5.74, 6) is 0.0745. The first-order chi connectivity index (χ1) is 12.2. The van der Waals surface area contributed by atoms with E-state index in [1.807, 2.05) is 6.92 Å². The first kappa shape index (κ1) is 18.1. The molecule has 6 heteroatoms. The molecule has 0 aliphatic carbocycles. The van der Waals surface area contributed by atoms with Gasteiger partial charge in [-0.05, 0) is 37.3 Å². The van der Waals surface area contributed by atoms with Gasteiger partial charge in [0.2, 0.25) is 0 Å². The Morgan fingerprint density at radius 1 is 1.04 bits per heavy atom. The van der Waals surface area contributed by atoms with Gasteiger partial charge in [0.25, 0.3) is 11.8 Å². The van der Waals surface area contributed by atoms with Crippen molar-refractivity contribution in [3.8, 4) is 11.5 Å². The lowest BCUT2D eigenvalue weighted by Gasteiger charge is -2.11. The zero-order valence-corrected chi connectivity index (χ0v) is 14.0. The number of ether oxygens (including phenoxy) is 2. The van der Waals surface area contributed by atoms with Crippen molar-refractivity contribution in [1.82, 2.24) is 10.9 Å². The van der Waals surface area contributed by atoms with Gasteiger partial charge in [-0.1, -0.05) is 30.9 Å². The van der Waals surface area contributed by atoms with Crippen LogP contribution in [0.5, 0.6) is 11.5 Å². The number of nitrogens with one attached hydrogen (secondary N) is 2. The second-order valence-electron chi connectivity index (χ2n) is 4.96. The van der Waals surface area contributed by atoms with E-state index in [1.165, 1.54) is 0 Å². The minimum absolute atomic E-state index is 0.279. The van der Waals surface area contributed by atoms with Gasteiger partial charge in [-0.25, -0.2) is 0 Å². The maximum absolute atomic E-state index is 12.3. The van der Waals surface area contributed by atoms with Crippen LogP contribution < -0.4 is 20.3 Å². The molecular formula is C19H20N2O4. The van der Waals surface area contributed by atoms with Gasteiger partial charge in [0.05, 0.1) is 12.2 Å². The quantitative estimate of drug-likeness (QED) is 0.600. The third-order valence-electron chi connectivity index (χ3n) is 3.19. The van der Waals surface area contributed by atoms with Crippen LogP contribution in [0.25, 0.3) is 0 Å². The fraction of sp³-hybridized carbons (Fsp3) is 0.158. The number of benzene rings is 2. The molecule has 25 heavy (non-hydrogen) atoms. The second-order valence-corrected chi connectivity index (χ2v) is 4.96.